The molecule has 3 aliphatic carbocycles. The molecule has 2 fully saturated rings. The van der Waals surface area contributed by atoms with Gasteiger partial charge < -0.3 is 26.4 Å². The maximum Gasteiger partial charge on any atom is 0.253 e. The number of hydrazine groups is 1. The van der Waals surface area contributed by atoms with Crippen LogP contribution in [-0.4, -0.2) is 66.7 Å². The number of amidine groups is 1. The molecule has 0 radical (unpaired) electrons. The first-order valence-electron chi connectivity index (χ1n) is 16.7. The molecule has 0 aromatic heterocycles. The monoisotopic (exact) mass is 614 g/mol. The van der Waals surface area contributed by atoms with Gasteiger partial charge in [-0.15, -0.1) is 0 Å². The van der Waals surface area contributed by atoms with E-state index in [1.807, 2.05) is 12.1 Å². The summed E-state index contributed by atoms with van der Waals surface area (Å²) in [5.74, 6) is 13.3. The van der Waals surface area contributed by atoms with Crippen molar-refractivity contribution in [3.05, 3.63) is 57.7 Å². The van der Waals surface area contributed by atoms with Crippen LogP contribution in [0, 0.1) is 17.2 Å². The van der Waals surface area contributed by atoms with Gasteiger partial charge in [0.15, 0.2) is 5.84 Å². The molecule has 1 aromatic rings. The van der Waals surface area contributed by atoms with Crippen LogP contribution in [0.2, 0.25) is 0 Å². The third kappa shape index (κ3) is 6.52. The van der Waals surface area contributed by atoms with E-state index in [-0.39, 0.29) is 30.4 Å². The third-order valence-corrected chi connectivity index (χ3v) is 10.6. The van der Waals surface area contributed by atoms with Gasteiger partial charge in [0, 0.05) is 32.2 Å². The highest BCUT2D eigenvalue weighted by Gasteiger charge is 2.48. The summed E-state index contributed by atoms with van der Waals surface area (Å²) in [6.07, 6.45) is 13.6. The largest absolute Gasteiger partial charge is 0.345 e. The van der Waals surface area contributed by atoms with Gasteiger partial charge in [-0.3, -0.25) is 9.59 Å². The summed E-state index contributed by atoms with van der Waals surface area (Å²) in [5.41, 5.74) is 8.83. The van der Waals surface area contributed by atoms with Crippen LogP contribution in [0.3, 0.4) is 0 Å². The van der Waals surface area contributed by atoms with Crippen molar-refractivity contribution in [1.82, 2.24) is 20.5 Å². The van der Waals surface area contributed by atoms with Crippen LogP contribution in [-0.2, 0) is 16.6 Å². The molecule has 1 aromatic carbocycles. The Morgan fingerprint density at radius 1 is 1.13 bits per heavy atom. The molecule has 10 heteroatoms. The number of amides is 2. The zero-order valence-electron chi connectivity index (χ0n) is 27.2. The fourth-order valence-corrected chi connectivity index (χ4v) is 8.35. The minimum atomic E-state index is -0.775. The Hall–Kier alpha value is -3.68. The molecule has 4 aliphatic rings. The van der Waals surface area contributed by atoms with Crippen molar-refractivity contribution in [3.8, 4) is 6.07 Å². The number of nitrogens with zero attached hydrogens (tertiary/aromatic N) is 4. The topological polar surface area (TPSA) is 153 Å². The summed E-state index contributed by atoms with van der Waals surface area (Å²) in [5, 5.41) is 17.7. The number of hydrogen-bond donors (Lipinski definition) is 4. The van der Waals surface area contributed by atoms with Gasteiger partial charge in [0.05, 0.1) is 18.0 Å². The summed E-state index contributed by atoms with van der Waals surface area (Å²) in [6.45, 7) is 2.98. The van der Waals surface area contributed by atoms with Gasteiger partial charge in [-0.25, -0.2) is 5.84 Å². The van der Waals surface area contributed by atoms with Crippen molar-refractivity contribution < 1.29 is 9.59 Å². The van der Waals surface area contributed by atoms with Crippen molar-refractivity contribution in [3.63, 3.8) is 0 Å². The number of hydrazone groups is 1. The number of carbonyl (C=O) groups is 2. The van der Waals surface area contributed by atoms with E-state index in [4.69, 9.17) is 11.7 Å². The Morgan fingerprint density at radius 3 is 2.60 bits per heavy atom. The number of hydrogen-bond acceptors (Lipinski definition) is 7. The SMILES string of the molecule is CC1=CC2=C(CC1)C(CC(NCC(=O)N1CCCC1C#N)C1CCCCC1)(/C(=N/N)NN)c1ccc(C(=O)N(C)C)cc1CC2. The Labute approximate surface area is 267 Å². The molecule has 2 amide bonds. The molecule has 5 rings (SSSR count). The Bertz CT molecular complexity index is 1420. The molecular weight excluding hydrogens is 564 g/mol. The minimum Gasteiger partial charge on any atom is -0.345 e. The van der Waals surface area contributed by atoms with E-state index in [2.05, 4.69) is 41.0 Å². The third-order valence-electron chi connectivity index (χ3n) is 10.6. The van der Waals surface area contributed by atoms with Crippen LogP contribution in [0.5, 0.6) is 0 Å². The van der Waals surface area contributed by atoms with Gasteiger partial charge in [-0.05, 0) is 105 Å². The summed E-state index contributed by atoms with van der Waals surface area (Å²) < 4.78 is 0. The molecule has 3 atom stereocenters. The predicted molar refractivity (Wildman–Crippen MR) is 177 cm³/mol. The summed E-state index contributed by atoms with van der Waals surface area (Å²) in [7, 11) is 3.54. The molecular formula is C35H50N8O2. The standard InChI is InChI=1S/C35H50N8O2/c1-23-11-15-29-25(18-23)12-13-26-19-27(33(45)42(2)3)14-16-30(26)35(29,34(40-37)41-38)20-31(24-8-5-4-6-9-24)39-22-32(44)43-17-7-10-28(43)21-36/h14,16,18-19,24,28,31,39H,4-13,15,17,20,22,37-38H2,1-3H3,(H,40,41). The number of nitrogens with two attached hydrogens (primary N) is 2. The van der Waals surface area contributed by atoms with E-state index in [1.165, 1.54) is 23.1 Å². The van der Waals surface area contributed by atoms with Gasteiger partial charge in [-0.2, -0.15) is 10.4 Å². The molecule has 242 valence electrons. The molecule has 10 nitrogen and oxygen atoms in total. The van der Waals surface area contributed by atoms with Gasteiger partial charge in [0.2, 0.25) is 5.91 Å². The van der Waals surface area contributed by atoms with Crippen molar-refractivity contribution in [2.75, 3.05) is 27.2 Å². The lowest BCUT2D eigenvalue weighted by atomic mass is 9.63. The molecule has 1 aliphatic heterocycles. The number of aryl methyl sites for hydroxylation is 1. The van der Waals surface area contributed by atoms with Crippen molar-refractivity contribution >= 4 is 17.6 Å². The average molecular weight is 615 g/mol. The highest BCUT2D eigenvalue weighted by Crippen LogP contribution is 2.49. The molecule has 45 heavy (non-hydrogen) atoms. The molecule has 1 saturated carbocycles. The van der Waals surface area contributed by atoms with Crippen LogP contribution in [0.15, 0.2) is 46.1 Å². The highest BCUT2D eigenvalue weighted by atomic mass is 16.2. The molecule has 3 unspecified atom stereocenters. The quantitative estimate of drug-likeness (QED) is 0.150. The van der Waals surface area contributed by atoms with Crippen LogP contribution < -0.4 is 22.4 Å². The first-order valence-corrected chi connectivity index (χ1v) is 16.7. The van der Waals surface area contributed by atoms with E-state index in [9.17, 15) is 14.9 Å². The van der Waals surface area contributed by atoms with Crippen molar-refractivity contribution in [1.29, 1.82) is 5.26 Å². The molecule has 0 spiro atoms. The summed E-state index contributed by atoms with van der Waals surface area (Å²) in [4.78, 5) is 29.9. The Kier molecular flexibility index (Phi) is 10.3. The summed E-state index contributed by atoms with van der Waals surface area (Å²) >= 11 is 0. The second-order valence-corrected chi connectivity index (χ2v) is 13.6. The molecule has 0 bridgehead atoms. The van der Waals surface area contributed by atoms with Crippen LogP contribution >= 0.6 is 0 Å². The van der Waals surface area contributed by atoms with Gasteiger partial charge in [-0.1, -0.05) is 37.0 Å². The smallest absolute Gasteiger partial charge is 0.253 e. The number of nitrogens with one attached hydrogen (secondary N) is 2. The fourth-order valence-electron chi connectivity index (χ4n) is 8.35. The lowest BCUT2D eigenvalue weighted by Crippen LogP contribution is -2.55. The normalized spacial score (nSPS) is 24.6. The average Bonchev–Trinajstić information content (AvgIpc) is 3.50. The van der Waals surface area contributed by atoms with Gasteiger partial charge in [0.25, 0.3) is 5.91 Å². The van der Waals surface area contributed by atoms with Crippen molar-refractivity contribution in [2.45, 2.75) is 101 Å². The number of nitriles is 1. The first kappa shape index (κ1) is 32.7. The zero-order chi connectivity index (χ0) is 32.1. The van der Waals surface area contributed by atoms with E-state index in [0.717, 1.165) is 75.3 Å². The van der Waals surface area contributed by atoms with Gasteiger partial charge in [0.1, 0.15) is 6.04 Å². The zero-order valence-corrected chi connectivity index (χ0v) is 27.2. The van der Waals surface area contributed by atoms with E-state index < -0.39 is 5.41 Å². The van der Waals surface area contributed by atoms with Crippen LogP contribution in [0.25, 0.3) is 0 Å². The second kappa shape index (κ2) is 14.2. The predicted octanol–water partition coefficient (Wildman–Crippen LogP) is 3.79. The lowest BCUT2D eigenvalue weighted by molar-refractivity contribution is -0.130. The molecule has 1 saturated heterocycles. The Morgan fingerprint density at radius 2 is 1.91 bits per heavy atom. The van der Waals surface area contributed by atoms with Crippen LogP contribution in [0.4, 0.5) is 0 Å². The van der Waals surface area contributed by atoms with E-state index >= 15 is 0 Å². The van der Waals surface area contributed by atoms with E-state index in [1.54, 1.807) is 23.9 Å². The Balaban J connectivity index is 1.63. The maximum atomic E-state index is 13.5. The number of likely N-dealkylation sites (tertiary alicyclic amines) is 1. The molecule has 6 N–H and O–H groups in total. The fraction of sp³-hybridized carbons (Fsp3) is 0.600. The number of allylic oxidation sites excluding steroid dienone is 3. The second-order valence-electron chi connectivity index (χ2n) is 13.6. The number of fused-ring (bicyclic) bond motifs is 1. The molecule has 1 heterocycles. The maximum absolute atomic E-state index is 13.5. The van der Waals surface area contributed by atoms with Crippen LogP contribution in [0.1, 0.15) is 99.0 Å². The number of rotatable bonds is 8. The van der Waals surface area contributed by atoms with E-state index in [0.29, 0.717) is 30.3 Å². The lowest BCUT2D eigenvalue weighted by Gasteiger charge is -2.44. The first-order chi connectivity index (χ1) is 21.7. The minimum absolute atomic E-state index is 0.0252. The van der Waals surface area contributed by atoms with Crippen molar-refractivity contribution in [2.24, 2.45) is 22.7 Å². The summed E-state index contributed by atoms with van der Waals surface area (Å²) in [6, 6.07) is 7.96. The number of carbonyl (C=O) groups excluding carboxylic acids is 2. The van der Waals surface area contributed by atoms with Gasteiger partial charge >= 0.3 is 0 Å². The number of benzene rings is 1. The highest BCUT2D eigenvalue weighted by molar-refractivity contribution is 5.98.